The molecule has 1 N–H and O–H groups in total. The molecule has 0 amide bonds. The van der Waals surface area contributed by atoms with E-state index in [-0.39, 0.29) is 5.92 Å². The van der Waals surface area contributed by atoms with Crippen molar-refractivity contribution >= 4 is 5.97 Å². The molecule has 4 heteroatoms. The quantitative estimate of drug-likeness (QED) is 0.921. The minimum atomic E-state index is -0.770. The predicted octanol–water partition coefficient (Wildman–Crippen LogP) is 3.87. The highest BCUT2D eigenvalue weighted by Crippen LogP contribution is 2.48. The Bertz CT molecular complexity index is 571. The molecule has 1 aromatic rings. The van der Waals surface area contributed by atoms with Crippen LogP contribution in [0.1, 0.15) is 63.0 Å². The summed E-state index contributed by atoms with van der Waals surface area (Å²) in [5.74, 6) is 0.996. The predicted molar refractivity (Wildman–Crippen MR) is 83.9 cm³/mol. The molecule has 0 bridgehead atoms. The van der Waals surface area contributed by atoms with E-state index in [0.717, 1.165) is 41.9 Å². The molecule has 2 aliphatic rings. The molecule has 1 aliphatic heterocycles. The first kappa shape index (κ1) is 15.2. The third-order valence-corrected chi connectivity index (χ3v) is 4.96. The van der Waals surface area contributed by atoms with Gasteiger partial charge in [-0.2, -0.15) is 0 Å². The lowest BCUT2D eigenvalue weighted by atomic mass is 9.67. The van der Waals surface area contributed by atoms with E-state index in [4.69, 9.17) is 9.47 Å². The van der Waals surface area contributed by atoms with Gasteiger partial charge in [-0.15, -0.1) is 0 Å². The Labute approximate surface area is 131 Å². The first-order valence-electron chi connectivity index (χ1n) is 8.22. The zero-order valence-corrected chi connectivity index (χ0v) is 13.4. The molecular weight excluding hydrogens is 280 g/mol. The van der Waals surface area contributed by atoms with Gasteiger partial charge in [0.25, 0.3) is 0 Å². The summed E-state index contributed by atoms with van der Waals surface area (Å²) >= 11 is 0. The van der Waals surface area contributed by atoms with Gasteiger partial charge >= 0.3 is 5.97 Å². The van der Waals surface area contributed by atoms with Gasteiger partial charge in [0.05, 0.1) is 5.41 Å². The minimum Gasteiger partial charge on any atom is -0.486 e. The summed E-state index contributed by atoms with van der Waals surface area (Å²) in [5.41, 5.74) is 1.17. The second kappa shape index (κ2) is 5.82. The van der Waals surface area contributed by atoms with E-state index in [0.29, 0.717) is 26.1 Å². The lowest BCUT2D eigenvalue weighted by Gasteiger charge is -2.37. The molecule has 1 aliphatic carbocycles. The molecule has 0 aromatic heterocycles. The van der Waals surface area contributed by atoms with Gasteiger partial charge in [0.15, 0.2) is 11.5 Å². The number of benzene rings is 1. The zero-order chi connectivity index (χ0) is 15.7. The Morgan fingerprint density at radius 2 is 1.82 bits per heavy atom. The third kappa shape index (κ3) is 2.34. The van der Waals surface area contributed by atoms with Crippen LogP contribution in [-0.2, 0) is 10.2 Å². The maximum absolute atomic E-state index is 12.1. The van der Waals surface area contributed by atoms with E-state index in [9.17, 15) is 9.90 Å². The Balaban J connectivity index is 2.18. The molecule has 0 unspecified atom stereocenters. The normalized spacial score (nSPS) is 20.0. The molecule has 1 aromatic carbocycles. The topological polar surface area (TPSA) is 55.8 Å². The van der Waals surface area contributed by atoms with Crippen molar-refractivity contribution in [2.45, 2.75) is 57.3 Å². The fraction of sp³-hybridized carbons (Fsp3) is 0.611. The monoisotopic (exact) mass is 304 g/mol. The van der Waals surface area contributed by atoms with Gasteiger partial charge in [-0.3, -0.25) is 4.79 Å². The van der Waals surface area contributed by atoms with Crippen LogP contribution < -0.4 is 9.47 Å². The van der Waals surface area contributed by atoms with Crippen molar-refractivity contribution in [2.24, 2.45) is 0 Å². The molecule has 120 valence electrons. The SMILES string of the molecule is CC(C)c1c(C2(C(=O)O)CCCCC2)ccc2c1OCCO2. The van der Waals surface area contributed by atoms with E-state index in [2.05, 4.69) is 13.8 Å². The summed E-state index contributed by atoms with van der Waals surface area (Å²) in [6.07, 6.45) is 4.48. The van der Waals surface area contributed by atoms with Crippen LogP contribution >= 0.6 is 0 Å². The van der Waals surface area contributed by atoms with Gasteiger partial charge in [-0.25, -0.2) is 0 Å². The molecule has 1 heterocycles. The van der Waals surface area contributed by atoms with Crippen LogP contribution in [0.2, 0.25) is 0 Å². The first-order chi connectivity index (χ1) is 10.6. The summed E-state index contributed by atoms with van der Waals surface area (Å²) < 4.78 is 11.5. The second-order valence-corrected chi connectivity index (χ2v) is 6.65. The van der Waals surface area contributed by atoms with Crippen LogP contribution in [-0.4, -0.2) is 24.3 Å². The number of carboxylic acid groups (broad SMARTS) is 1. The highest BCUT2D eigenvalue weighted by atomic mass is 16.6. The van der Waals surface area contributed by atoms with Crippen LogP contribution in [0, 0.1) is 0 Å². The standard InChI is InChI=1S/C18H24O4/c1-12(2)15-13(6-7-14-16(15)22-11-10-21-14)18(17(19)20)8-4-3-5-9-18/h6-7,12H,3-5,8-11H2,1-2H3,(H,19,20). The minimum absolute atomic E-state index is 0.199. The number of carbonyl (C=O) groups is 1. The van der Waals surface area contributed by atoms with E-state index < -0.39 is 11.4 Å². The largest absolute Gasteiger partial charge is 0.486 e. The Morgan fingerprint density at radius 1 is 1.14 bits per heavy atom. The fourth-order valence-electron chi connectivity index (χ4n) is 3.88. The van der Waals surface area contributed by atoms with Crippen molar-refractivity contribution in [3.63, 3.8) is 0 Å². The Morgan fingerprint density at radius 3 is 2.45 bits per heavy atom. The molecule has 22 heavy (non-hydrogen) atoms. The molecule has 3 rings (SSSR count). The van der Waals surface area contributed by atoms with Crippen molar-refractivity contribution in [2.75, 3.05) is 13.2 Å². The number of hydrogen-bond acceptors (Lipinski definition) is 3. The van der Waals surface area contributed by atoms with E-state index in [1.807, 2.05) is 12.1 Å². The van der Waals surface area contributed by atoms with Crippen LogP contribution in [0.15, 0.2) is 12.1 Å². The van der Waals surface area contributed by atoms with Gasteiger partial charge in [-0.1, -0.05) is 39.2 Å². The van der Waals surface area contributed by atoms with Crippen molar-refractivity contribution in [1.29, 1.82) is 0 Å². The van der Waals surface area contributed by atoms with Gasteiger partial charge < -0.3 is 14.6 Å². The summed E-state index contributed by atoms with van der Waals surface area (Å²) in [7, 11) is 0. The lowest BCUT2D eigenvalue weighted by molar-refractivity contribution is -0.145. The number of carboxylic acids is 1. The first-order valence-corrected chi connectivity index (χ1v) is 8.22. The van der Waals surface area contributed by atoms with Gasteiger partial charge in [0.2, 0.25) is 0 Å². The molecule has 4 nitrogen and oxygen atoms in total. The number of aliphatic carboxylic acids is 1. The fourth-order valence-corrected chi connectivity index (χ4v) is 3.88. The maximum atomic E-state index is 12.1. The van der Waals surface area contributed by atoms with E-state index in [1.165, 1.54) is 0 Å². The van der Waals surface area contributed by atoms with E-state index in [1.54, 1.807) is 0 Å². The maximum Gasteiger partial charge on any atom is 0.314 e. The lowest BCUT2D eigenvalue weighted by Crippen LogP contribution is -2.39. The number of ether oxygens (including phenoxy) is 2. The van der Waals surface area contributed by atoms with Crippen LogP contribution in [0.3, 0.4) is 0 Å². The average Bonchev–Trinajstić information content (AvgIpc) is 2.54. The Hall–Kier alpha value is -1.71. The van der Waals surface area contributed by atoms with Crippen molar-refractivity contribution < 1.29 is 19.4 Å². The zero-order valence-electron chi connectivity index (χ0n) is 13.4. The molecule has 0 spiro atoms. The van der Waals surface area contributed by atoms with Crippen LogP contribution in [0.5, 0.6) is 11.5 Å². The molecular formula is C18H24O4. The highest BCUT2D eigenvalue weighted by Gasteiger charge is 2.44. The smallest absolute Gasteiger partial charge is 0.314 e. The number of rotatable bonds is 3. The van der Waals surface area contributed by atoms with Gasteiger partial charge in [0, 0.05) is 5.56 Å². The average molecular weight is 304 g/mol. The third-order valence-electron chi connectivity index (χ3n) is 4.96. The number of hydrogen-bond donors (Lipinski definition) is 1. The van der Waals surface area contributed by atoms with Crippen LogP contribution in [0.4, 0.5) is 0 Å². The molecule has 0 saturated heterocycles. The van der Waals surface area contributed by atoms with E-state index >= 15 is 0 Å². The molecule has 0 radical (unpaired) electrons. The van der Waals surface area contributed by atoms with Crippen LogP contribution in [0.25, 0.3) is 0 Å². The second-order valence-electron chi connectivity index (χ2n) is 6.65. The Kier molecular flexibility index (Phi) is 4.02. The summed E-state index contributed by atoms with van der Waals surface area (Å²) in [6.45, 7) is 5.26. The summed E-state index contributed by atoms with van der Waals surface area (Å²) in [5, 5.41) is 9.98. The molecule has 1 fully saturated rings. The highest BCUT2D eigenvalue weighted by molar-refractivity contribution is 5.83. The van der Waals surface area contributed by atoms with Gasteiger partial charge in [-0.05, 0) is 30.4 Å². The number of fused-ring (bicyclic) bond motifs is 1. The van der Waals surface area contributed by atoms with Crippen molar-refractivity contribution in [3.8, 4) is 11.5 Å². The van der Waals surface area contributed by atoms with Crippen molar-refractivity contribution in [1.82, 2.24) is 0 Å². The van der Waals surface area contributed by atoms with Crippen molar-refractivity contribution in [3.05, 3.63) is 23.3 Å². The van der Waals surface area contributed by atoms with Gasteiger partial charge in [0.1, 0.15) is 13.2 Å². The summed E-state index contributed by atoms with van der Waals surface area (Å²) in [6, 6.07) is 3.84. The molecule has 1 saturated carbocycles. The summed E-state index contributed by atoms with van der Waals surface area (Å²) in [4.78, 5) is 12.1. The molecule has 0 atom stereocenters.